The first-order valence-corrected chi connectivity index (χ1v) is 9.56. The van der Waals surface area contributed by atoms with Gasteiger partial charge in [-0.05, 0) is 36.8 Å². The molecule has 0 saturated carbocycles. The van der Waals surface area contributed by atoms with Gasteiger partial charge in [0.15, 0.2) is 0 Å². The SMILES string of the molecule is CC(C)CC(C(=O)N(C)Cc1cccnc1)N1C(=O)C2CC=CCC2C1=O. The summed E-state index contributed by atoms with van der Waals surface area (Å²) in [5, 5.41) is 0. The molecular weight excluding hydrogens is 342 g/mol. The van der Waals surface area contributed by atoms with Gasteiger partial charge in [-0.3, -0.25) is 24.3 Å². The standard InChI is InChI=1S/C21H27N3O3/c1-14(2)11-18(21(27)23(3)13-15-7-6-10-22-12-15)24-19(25)16-8-4-5-9-17(16)20(24)26/h4-7,10,12,14,16-18H,8-9,11,13H2,1-3H3. The number of likely N-dealkylation sites (N-methyl/N-ethyl adjacent to an activating group) is 1. The first-order valence-electron chi connectivity index (χ1n) is 9.56. The van der Waals surface area contributed by atoms with Crippen molar-refractivity contribution >= 4 is 17.7 Å². The molecule has 2 aliphatic rings. The molecule has 1 saturated heterocycles. The number of nitrogens with zero attached hydrogens (tertiary/aromatic N) is 3. The fourth-order valence-electron chi connectivity index (χ4n) is 3.99. The van der Waals surface area contributed by atoms with Gasteiger partial charge in [-0.15, -0.1) is 0 Å². The minimum absolute atomic E-state index is 0.187. The maximum Gasteiger partial charge on any atom is 0.245 e. The molecule has 6 heteroatoms. The van der Waals surface area contributed by atoms with E-state index in [-0.39, 0.29) is 35.5 Å². The number of fused-ring (bicyclic) bond motifs is 1. The predicted octanol–water partition coefficient (Wildman–Crippen LogP) is 2.41. The van der Waals surface area contributed by atoms with E-state index in [9.17, 15) is 14.4 Å². The second-order valence-electron chi connectivity index (χ2n) is 7.90. The molecule has 6 nitrogen and oxygen atoms in total. The maximum absolute atomic E-state index is 13.2. The molecule has 27 heavy (non-hydrogen) atoms. The van der Waals surface area contributed by atoms with E-state index in [1.165, 1.54) is 4.90 Å². The van der Waals surface area contributed by atoms with E-state index < -0.39 is 6.04 Å². The van der Waals surface area contributed by atoms with Crippen molar-refractivity contribution in [2.45, 2.75) is 45.7 Å². The molecule has 144 valence electrons. The summed E-state index contributed by atoms with van der Waals surface area (Å²) >= 11 is 0. The van der Waals surface area contributed by atoms with Crippen LogP contribution in [-0.4, -0.2) is 45.6 Å². The van der Waals surface area contributed by atoms with Gasteiger partial charge < -0.3 is 4.90 Å². The van der Waals surface area contributed by atoms with Gasteiger partial charge in [-0.2, -0.15) is 0 Å². The van der Waals surface area contributed by atoms with Crippen LogP contribution in [0.25, 0.3) is 0 Å². The van der Waals surface area contributed by atoms with Gasteiger partial charge in [0.05, 0.1) is 11.8 Å². The quantitative estimate of drug-likeness (QED) is 0.570. The number of amides is 3. The van der Waals surface area contributed by atoms with Gasteiger partial charge in [0.1, 0.15) is 6.04 Å². The van der Waals surface area contributed by atoms with Crippen LogP contribution in [0.2, 0.25) is 0 Å². The van der Waals surface area contributed by atoms with Crippen LogP contribution < -0.4 is 0 Å². The van der Waals surface area contributed by atoms with Crippen LogP contribution in [0.3, 0.4) is 0 Å². The Morgan fingerprint density at radius 2 is 1.85 bits per heavy atom. The van der Waals surface area contributed by atoms with Gasteiger partial charge in [0.25, 0.3) is 0 Å². The van der Waals surface area contributed by atoms with E-state index in [4.69, 9.17) is 0 Å². The molecule has 1 aliphatic carbocycles. The lowest BCUT2D eigenvalue weighted by Crippen LogP contribution is -2.50. The summed E-state index contributed by atoms with van der Waals surface area (Å²) in [5.74, 6) is -1.01. The highest BCUT2D eigenvalue weighted by Crippen LogP contribution is 2.37. The highest BCUT2D eigenvalue weighted by atomic mass is 16.2. The third-order valence-corrected chi connectivity index (χ3v) is 5.35. The Bertz CT molecular complexity index is 718. The van der Waals surface area contributed by atoms with Crippen molar-refractivity contribution in [1.82, 2.24) is 14.8 Å². The van der Waals surface area contributed by atoms with Crippen LogP contribution in [-0.2, 0) is 20.9 Å². The molecule has 0 aromatic carbocycles. The van der Waals surface area contributed by atoms with Crippen molar-refractivity contribution < 1.29 is 14.4 Å². The van der Waals surface area contributed by atoms with Crippen LogP contribution in [0.15, 0.2) is 36.7 Å². The third-order valence-electron chi connectivity index (χ3n) is 5.35. The normalized spacial score (nSPS) is 22.9. The number of allylic oxidation sites excluding steroid dienone is 2. The van der Waals surface area contributed by atoms with Crippen LogP contribution >= 0.6 is 0 Å². The van der Waals surface area contributed by atoms with Crippen LogP contribution in [0, 0.1) is 17.8 Å². The monoisotopic (exact) mass is 369 g/mol. The van der Waals surface area contributed by atoms with Crippen molar-refractivity contribution in [3.63, 3.8) is 0 Å². The Kier molecular flexibility index (Phi) is 5.73. The third kappa shape index (κ3) is 3.94. The highest BCUT2D eigenvalue weighted by molar-refractivity contribution is 6.08. The van der Waals surface area contributed by atoms with Gasteiger partial charge in [-0.1, -0.05) is 32.1 Å². The zero-order valence-corrected chi connectivity index (χ0v) is 16.2. The fourth-order valence-corrected chi connectivity index (χ4v) is 3.99. The molecule has 3 unspecified atom stereocenters. The largest absolute Gasteiger partial charge is 0.340 e. The molecule has 0 radical (unpaired) electrons. The van der Waals surface area contributed by atoms with Crippen molar-refractivity contribution in [3.05, 3.63) is 42.2 Å². The molecule has 0 spiro atoms. The number of imide groups is 1. The van der Waals surface area contributed by atoms with Crippen molar-refractivity contribution in [3.8, 4) is 0 Å². The summed E-state index contributed by atoms with van der Waals surface area (Å²) < 4.78 is 0. The lowest BCUT2D eigenvalue weighted by atomic mass is 9.85. The zero-order chi connectivity index (χ0) is 19.6. The van der Waals surface area contributed by atoms with Crippen LogP contribution in [0.4, 0.5) is 0 Å². The molecule has 1 aromatic rings. The summed E-state index contributed by atoms with van der Waals surface area (Å²) in [6, 6.07) is 2.99. The smallest absolute Gasteiger partial charge is 0.245 e. The van der Waals surface area contributed by atoms with E-state index in [1.807, 2.05) is 38.1 Å². The number of aromatic nitrogens is 1. The molecule has 0 bridgehead atoms. The first kappa shape index (κ1) is 19.3. The minimum atomic E-state index is -0.739. The number of likely N-dealkylation sites (tertiary alicyclic amines) is 1. The number of hydrogen-bond acceptors (Lipinski definition) is 4. The molecule has 3 amide bonds. The van der Waals surface area contributed by atoms with Gasteiger partial charge in [0, 0.05) is 26.0 Å². The summed E-state index contributed by atoms with van der Waals surface area (Å²) in [6.45, 7) is 4.40. The molecule has 1 aliphatic heterocycles. The molecule has 2 heterocycles. The van der Waals surface area contributed by atoms with E-state index in [2.05, 4.69) is 4.98 Å². The molecular formula is C21H27N3O3. The molecule has 1 aromatic heterocycles. The minimum Gasteiger partial charge on any atom is -0.340 e. The Hall–Kier alpha value is -2.50. The van der Waals surface area contributed by atoms with Crippen LogP contribution in [0.1, 0.15) is 38.7 Å². The van der Waals surface area contributed by atoms with E-state index >= 15 is 0 Å². The summed E-state index contributed by atoms with van der Waals surface area (Å²) in [4.78, 5) is 46.0. The van der Waals surface area contributed by atoms with Crippen molar-refractivity contribution in [1.29, 1.82) is 0 Å². The van der Waals surface area contributed by atoms with E-state index in [0.717, 1.165) is 5.56 Å². The Morgan fingerprint density at radius 1 is 1.22 bits per heavy atom. The lowest BCUT2D eigenvalue weighted by molar-refractivity contribution is -0.152. The second kappa shape index (κ2) is 8.03. The highest BCUT2D eigenvalue weighted by Gasteiger charge is 2.51. The summed E-state index contributed by atoms with van der Waals surface area (Å²) in [6.07, 6.45) is 8.96. The number of pyridine rings is 1. The number of rotatable bonds is 6. The van der Waals surface area contributed by atoms with E-state index in [1.54, 1.807) is 24.3 Å². The lowest BCUT2D eigenvalue weighted by Gasteiger charge is -2.31. The Balaban J connectivity index is 1.82. The molecule has 3 atom stereocenters. The topological polar surface area (TPSA) is 70.6 Å². The summed E-state index contributed by atoms with van der Waals surface area (Å²) in [5.41, 5.74) is 0.911. The first-order chi connectivity index (χ1) is 12.9. The molecule has 3 rings (SSSR count). The Morgan fingerprint density at radius 3 is 2.37 bits per heavy atom. The van der Waals surface area contributed by atoms with Crippen molar-refractivity contribution in [2.75, 3.05) is 7.05 Å². The van der Waals surface area contributed by atoms with Gasteiger partial charge in [-0.25, -0.2) is 0 Å². The van der Waals surface area contributed by atoms with Crippen LogP contribution in [0.5, 0.6) is 0 Å². The Labute approximate surface area is 160 Å². The van der Waals surface area contributed by atoms with Crippen molar-refractivity contribution in [2.24, 2.45) is 17.8 Å². The average Bonchev–Trinajstić information content (AvgIpc) is 2.91. The number of carbonyl (C=O) groups excluding carboxylic acids is 3. The zero-order valence-electron chi connectivity index (χ0n) is 16.2. The molecule has 1 fully saturated rings. The molecule has 0 N–H and O–H groups in total. The summed E-state index contributed by atoms with van der Waals surface area (Å²) in [7, 11) is 1.71. The maximum atomic E-state index is 13.2. The average molecular weight is 369 g/mol. The predicted molar refractivity (Wildman–Crippen MR) is 101 cm³/mol. The second-order valence-corrected chi connectivity index (χ2v) is 7.90. The van der Waals surface area contributed by atoms with Gasteiger partial charge in [0.2, 0.25) is 17.7 Å². The van der Waals surface area contributed by atoms with E-state index in [0.29, 0.717) is 25.8 Å². The fraction of sp³-hybridized carbons (Fsp3) is 0.524. The number of carbonyl (C=O) groups is 3. The number of hydrogen-bond donors (Lipinski definition) is 0. The van der Waals surface area contributed by atoms with Gasteiger partial charge >= 0.3 is 0 Å².